The minimum absolute atomic E-state index is 0.0488. The molecule has 1 aromatic rings. The molecular weight excluding hydrogens is 484 g/mol. The van der Waals surface area contributed by atoms with Gasteiger partial charge in [-0.3, -0.25) is 14.4 Å². The van der Waals surface area contributed by atoms with E-state index < -0.39 is 46.9 Å². The Kier molecular flexibility index (Phi) is 6.33. The number of Topliss-reactive ketones (excluding diaryl/α,β-unsaturated/α-hetero) is 1. The van der Waals surface area contributed by atoms with Gasteiger partial charge >= 0.3 is 11.9 Å². The van der Waals surface area contributed by atoms with Crippen LogP contribution < -0.4 is 0 Å². The molecule has 1 fully saturated rings. The Balaban J connectivity index is 1.61. The summed E-state index contributed by atoms with van der Waals surface area (Å²) in [7, 11) is 0. The van der Waals surface area contributed by atoms with Gasteiger partial charge in [-0.15, -0.1) is 0 Å². The standard InChI is InChI=1S/C31H34O7/c1-18-14-22-23-11-13-31(26(35)17-37-19(2)32,38-28(36)20-8-6-5-7-9-20)30(23,4)16-25(34)27(22)29(3)12-10-21(33)15-24(18)29/h5-10,12,15,18,23,25,34H,11,13-14,16-17H2,1-4H3/t18-,23-,25-,29-,30-,31-/m0/s1. The Morgan fingerprint density at radius 2 is 1.84 bits per heavy atom. The van der Waals surface area contributed by atoms with E-state index in [4.69, 9.17) is 9.47 Å². The maximum atomic E-state index is 13.8. The first-order chi connectivity index (χ1) is 17.9. The van der Waals surface area contributed by atoms with Gasteiger partial charge in [-0.1, -0.05) is 43.7 Å². The van der Waals surface area contributed by atoms with Gasteiger partial charge in [0.1, 0.15) is 0 Å². The molecule has 0 heterocycles. The van der Waals surface area contributed by atoms with Crippen molar-refractivity contribution in [2.45, 2.75) is 65.1 Å². The van der Waals surface area contributed by atoms with E-state index in [9.17, 15) is 24.3 Å². The molecule has 7 nitrogen and oxygen atoms in total. The first-order valence-corrected chi connectivity index (χ1v) is 13.2. The van der Waals surface area contributed by atoms with Crippen LogP contribution in [0.25, 0.3) is 0 Å². The highest BCUT2D eigenvalue weighted by molar-refractivity contribution is 6.01. The highest BCUT2D eigenvalue weighted by Crippen LogP contribution is 2.66. The Hall–Kier alpha value is -3.32. The topological polar surface area (TPSA) is 107 Å². The molecule has 0 spiro atoms. The number of fused-ring (bicyclic) bond motifs is 4. The Labute approximate surface area is 222 Å². The quantitative estimate of drug-likeness (QED) is 0.457. The van der Waals surface area contributed by atoms with Gasteiger partial charge in [0.2, 0.25) is 5.78 Å². The minimum Gasteiger partial charge on any atom is -0.458 e. The number of ketones is 2. The highest BCUT2D eigenvalue weighted by atomic mass is 16.6. The van der Waals surface area contributed by atoms with Crippen LogP contribution in [0.3, 0.4) is 0 Å². The van der Waals surface area contributed by atoms with Crippen molar-refractivity contribution in [3.63, 3.8) is 0 Å². The molecule has 6 atom stereocenters. The predicted octanol–water partition coefficient (Wildman–Crippen LogP) is 4.30. The van der Waals surface area contributed by atoms with Crippen LogP contribution in [0.5, 0.6) is 0 Å². The van der Waals surface area contributed by atoms with Crippen molar-refractivity contribution >= 4 is 23.5 Å². The first kappa shape index (κ1) is 26.3. The van der Waals surface area contributed by atoms with E-state index in [1.165, 1.54) is 6.92 Å². The molecule has 200 valence electrons. The van der Waals surface area contributed by atoms with Gasteiger partial charge < -0.3 is 14.6 Å². The molecule has 1 saturated carbocycles. The number of ether oxygens (including phenoxy) is 2. The number of hydrogen-bond acceptors (Lipinski definition) is 7. The molecule has 0 aliphatic heterocycles. The van der Waals surface area contributed by atoms with Gasteiger partial charge in [-0.2, -0.15) is 0 Å². The number of carbonyl (C=O) groups is 4. The smallest absolute Gasteiger partial charge is 0.339 e. The molecule has 0 aromatic heterocycles. The van der Waals surface area contributed by atoms with Crippen LogP contribution in [0.4, 0.5) is 0 Å². The summed E-state index contributed by atoms with van der Waals surface area (Å²) in [4.78, 5) is 51.0. The third kappa shape index (κ3) is 3.82. The number of allylic oxidation sites excluding steroid dienone is 5. The maximum absolute atomic E-state index is 13.8. The zero-order valence-electron chi connectivity index (χ0n) is 22.3. The molecule has 4 aliphatic rings. The summed E-state index contributed by atoms with van der Waals surface area (Å²) >= 11 is 0. The number of benzene rings is 1. The number of carbonyl (C=O) groups excluding carboxylic acids is 4. The Morgan fingerprint density at radius 1 is 1.13 bits per heavy atom. The third-order valence-corrected chi connectivity index (χ3v) is 9.42. The van der Waals surface area contributed by atoms with Gasteiger partial charge in [0.25, 0.3) is 0 Å². The van der Waals surface area contributed by atoms with Crippen molar-refractivity contribution in [3.05, 3.63) is 70.8 Å². The van der Waals surface area contributed by atoms with Gasteiger partial charge in [-0.25, -0.2) is 4.79 Å². The van der Waals surface area contributed by atoms with Gasteiger partial charge in [0.05, 0.1) is 11.7 Å². The average molecular weight is 519 g/mol. The molecule has 0 unspecified atom stereocenters. The van der Waals surface area contributed by atoms with Gasteiger partial charge in [-0.05, 0) is 79.9 Å². The second-order valence-electron chi connectivity index (χ2n) is 11.6. The monoisotopic (exact) mass is 518 g/mol. The van der Waals surface area contributed by atoms with Gasteiger partial charge in [0.15, 0.2) is 18.0 Å². The van der Waals surface area contributed by atoms with Crippen LogP contribution in [-0.4, -0.2) is 46.9 Å². The summed E-state index contributed by atoms with van der Waals surface area (Å²) in [5.74, 6) is -1.80. The zero-order valence-corrected chi connectivity index (χ0v) is 22.3. The van der Waals surface area contributed by atoms with Crippen LogP contribution in [0.1, 0.15) is 63.7 Å². The molecule has 38 heavy (non-hydrogen) atoms. The molecule has 0 radical (unpaired) electrons. The lowest BCUT2D eigenvalue weighted by Crippen LogP contribution is -2.59. The molecule has 1 aromatic carbocycles. The molecule has 0 bridgehead atoms. The number of rotatable bonds is 5. The van der Waals surface area contributed by atoms with Crippen LogP contribution in [-0.2, 0) is 23.9 Å². The van der Waals surface area contributed by atoms with E-state index in [-0.39, 0.29) is 30.5 Å². The fourth-order valence-corrected chi connectivity index (χ4v) is 7.73. The summed E-state index contributed by atoms with van der Waals surface area (Å²) in [6.07, 6.45) is 5.94. The van der Waals surface area contributed by atoms with Crippen LogP contribution in [0.2, 0.25) is 0 Å². The van der Waals surface area contributed by atoms with Crippen LogP contribution >= 0.6 is 0 Å². The fraction of sp³-hybridized carbons (Fsp3) is 0.484. The molecule has 7 heteroatoms. The van der Waals surface area contributed by atoms with E-state index in [2.05, 4.69) is 6.92 Å². The molecule has 5 rings (SSSR count). The first-order valence-electron chi connectivity index (χ1n) is 13.2. The van der Waals surface area contributed by atoms with E-state index >= 15 is 0 Å². The SMILES string of the molecule is CC(=O)OCC(=O)[C@@]1(OC(=O)c2ccccc2)CC[C@H]2C3=C([C@@H](O)C[C@@]21C)[C@@]1(C)C=CC(=O)C=C1[C@@H](C)C3. The Bertz CT molecular complexity index is 1300. The number of aliphatic hydroxyl groups excluding tert-OH is 1. The lowest BCUT2D eigenvalue weighted by atomic mass is 9.51. The molecule has 4 aliphatic carbocycles. The number of esters is 2. The zero-order chi connectivity index (χ0) is 27.5. The van der Waals surface area contributed by atoms with Crippen molar-refractivity contribution in [1.82, 2.24) is 0 Å². The van der Waals surface area contributed by atoms with Crippen molar-refractivity contribution in [2.24, 2.45) is 22.7 Å². The molecule has 0 amide bonds. The number of aliphatic hydroxyl groups is 1. The molecule has 1 N–H and O–H groups in total. The second-order valence-corrected chi connectivity index (χ2v) is 11.6. The van der Waals surface area contributed by atoms with Gasteiger partial charge in [0, 0.05) is 17.8 Å². The summed E-state index contributed by atoms with van der Waals surface area (Å²) < 4.78 is 11.3. The predicted molar refractivity (Wildman–Crippen MR) is 139 cm³/mol. The van der Waals surface area contributed by atoms with E-state index in [0.717, 1.165) is 16.7 Å². The molecule has 0 saturated heterocycles. The normalized spacial score (nSPS) is 35.6. The largest absolute Gasteiger partial charge is 0.458 e. The van der Waals surface area contributed by atoms with Crippen LogP contribution in [0, 0.1) is 22.7 Å². The third-order valence-electron chi connectivity index (χ3n) is 9.42. The molecular formula is C31H34O7. The summed E-state index contributed by atoms with van der Waals surface area (Å²) in [6.45, 7) is 6.77. The van der Waals surface area contributed by atoms with Crippen molar-refractivity contribution in [3.8, 4) is 0 Å². The van der Waals surface area contributed by atoms with E-state index in [1.807, 2.05) is 19.9 Å². The fourth-order valence-electron chi connectivity index (χ4n) is 7.73. The van der Waals surface area contributed by atoms with Crippen molar-refractivity contribution < 1.29 is 33.8 Å². The second kappa shape index (κ2) is 9.16. The lowest BCUT2D eigenvalue weighted by molar-refractivity contribution is -0.164. The maximum Gasteiger partial charge on any atom is 0.339 e. The lowest BCUT2D eigenvalue weighted by Gasteiger charge is -2.55. The highest BCUT2D eigenvalue weighted by Gasteiger charge is 2.68. The van der Waals surface area contributed by atoms with Crippen LogP contribution in [0.15, 0.2) is 65.3 Å². The number of hydrogen-bond donors (Lipinski definition) is 1. The Morgan fingerprint density at radius 3 is 2.53 bits per heavy atom. The van der Waals surface area contributed by atoms with E-state index in [1.54, 1.807) is 42.5 Å². The van der Waals surface area contributed by atoms with Crippen molar-refractivity contribution in [1.29, 1.82) is 0 Å². The van der Waals surface area contributed by atoms with Crippen molar-refractivity contribution in [2.75, 3.05) is 6.61 Å². The summed E-state index contributed by atoms with van der Waals surface area (Å²) in [6, 6.07) is 8.50. The summed E-state index contributed by atoms with van der Waals surface area (Å²) in [5.41, 5.74) is 0.214. The minimum atomic E-state index is -1.57. The summed E-state index contributed by atoms with van der Waals surface area (Å²) in [5, 5.41) is 11.7. The van der Waals surface area contributed by atoms with E-state index in [0.29, 0.717) is 18.4 Å². The average Bonchev–Trinajstić information content (AvgIpc) is 3.16.